The van der Waals surface area contributed by atoms with E-state index in [1.54, 1.807) is 0 Å². The maximum Gasteiger partial charge on any atom is 0.174 e. The third-order valence-electron chi connectivity index (χ3n) is 2.81. The molecule has 0 spiro atoms. The van der Waals surface area contributed by atoms with Gasteiger partial charge in [-0.25, -0.2) is 0 Å². The van der Waals surface area contributed by atoms with Crippen molar-refractivity contribution in [1.29, 1.82) is 0 Å². The fourth-order valence-corrected chi connectivity index (χ4v) is 2.06. The molecular weight excluding hydrogens is 248 g/mol. The van der Waals surface area contributed by atoms with Crippen LogP contribution in [0.3, 0.4) is 0 Å². The molecule has 0 amide bonds. The van der Waals surface area contributed by atoms with Gasteiger partial charge in [-0.2, -0.15) is 0 Å². The fraction of sp³-hybridized carbons (Fsp3) is 0.462. The van der Waals surface area contributed by atoms with Gasteiger partial charge in [0.05, 0.1) is 5.56 Å². The zero-order chi connectivity index (χ0) is 13.8. The molecule has 0 atom stereocenters. The molecule has 100 valence electrons. The van der Waals surface area contributed by atoms with Crippen molar-refractivity contribution in [3.05, 3.63) is 23.8 Å². The minimum atomic E-state index is -0.290. The van der Waals surface area contributed by atoms with Crippen molar-refractivity contribution in [2.24, 2.45) is 10.9 Å². The molecule has 0 radical (unpaired) electrons. The fourth-order valence-electron chi connectivity index (χ4n) is 1.44. The van der Waals surface area contributed by atoms with Gasteiger partial charge in [0.1, 0.15) is 11.4 Å². The summed E-state index contributed by atoms with van der Waals surface area (Å²) in [4.78, 5) is 0.926. The van der Waals surface area contributed by atoms with Crippen LogP contribution in [0.1, 0.15) is 32.8 Å². The molecule has 0 aliphatic rings. The Labute approximate surface area is 112 Å². The molecule has 3 N–H and O–H groups in total. The Morgan fingerprint density at radius 3 is 2.67 bits per heavy atom. The average Bonchev–Trinajstić information content (AvgIpc) is 2.37. The summed E-state index contributed by atoms with van der Waals surface area (Å²) in [6, 6.07) is 5.66. The van der Waals surface area contributed by atoms with Gasteiger partial charge in [0.25, 0.3) is 0 Å². The van der Waals surface area contributed by atoms with Crippen molar-refractivity contribution in [3.63, 3.8) is 0 Å². The van der Waals surface area contributed by atoms with Gasteiger partial charge in [-0.3, -0.25) is 0 Å². The van der Waals surface area contributed by atoms with Crippen LogP contribution in [-0.4, -0.2) is 22.9 Å². The van der Waals surface area contributed by atoms with E-state index in [9.17, 15) is 0 Å². The van der Waals surface area contributed by atoms with E-state index in [0.717, 1.165) is 11.3 Å². The van der Waals surface area contributed by atoms with Gasteiger partial charge < -0.3 is 15.7 Å². The van der Waals surface area contributed by atoms with E-state index in [2.05, 4.69) is 12.1 Å². The summed E-state index contributed by atoms with van der Waals surface area (Å²) in [5.74, 6) is 0.714. The Balaban J connectivity index is 3.27. The van der Waals surface area contributed by atoms with Gasteiger partial charge in [0.15, 0.2) is 5.84 Å². The van der Waals surface area contributed by atoms with E-state index in [1.807, 2.05) is 38.3 Å². The first kappa shape index (κ1) is 14.7. The highest BCUT2D eigenvalue weighted by atomic mass is 32.2. The molecule has 1 aromatic rings. The normalized spacial score (nSPS) is 12.6. The van der Waals surface area contributed by atoms with Crippen molar-refractivity contribution < 1.29 is 9.94 Å². The van der Waals surface area contributed by atoms with Crippen molar-refractivity contribution in [3.8, 4) is 5.75 Å². The molecule has 5 heteroatoms. The second-order valence-corrected chi connectivity index (χ2v) is 5.38. The van der Waals surface area contributed by atoms with Crippen LogP contribution in [0, 0.1) is 0 Å². The molecule has 1 rings (SSSR count). The topological polar surface area (TPSA) is 67.8 Å². The SMILES string of the molecule is CCC(C)(C)Oc1cccc(SC)c1/C(N)=N/O. The molecule has 0 unspecified atom stereocenters. The van der Waals surface area contributed by atoms with Crippen LogP contribution in [0.5, 0.6) is 5.75 Å². The highest BCUT2D eigenvalue weighted by Crippen LogP contribution is 2.31. The lowest BCUT2D eigenvalue weighted by molar-refractivity contribution is 0.104. The maximum atomic E-state index is 8.89. The van der Waals surface area contributed by atoms with Crippen molar-refractivity contribution in [2.45, 2.75) is 37.7 Å². The highest BCUT2D eigenvalue weighted by molar-refractivity contribution is 7.98. The molecule has 0 fully saturated rings. The Kier molecular flexibility index (Phi) is 4.90. The lowest BCUT2D eigenvalue weighted by Crippen LogP contribution is -2.28. The number of amidine groups is 1. The predicted molar refractivity (Wildman–Crippen MR) is 75.7 cm³/mol. The number of rotatable bonds is 5. The van der Waals surface area contributed by atoms with E-state index in [1.165, 1.54) is 11.8 Å². The number of hydrogen-bond donors (Lipinski definition) is 2. The highest BCUT2D eigenvalue weighted by Gasteiger charge is 2.21. The zero-order valence-corrected chi connectivity index (χ0v) is 12.0. The summed E-state index contributed by atoms with van der Waals surface area (Å²) in [5.41, 5.74) is 6.10. The molecular formula is C13H20N2O2S. The number of oxime groups is 1. The van der Waals surface area contributed by atoms with Crippen LogP contribution in [0.25, 0.3) is 0 Å². The standard InChI is InChI=1S/C13H20N2O2S/c1-5-13(2,3)17-9-7-6-8-10(18-4)11(9)12(14)15-16/h6-8,16H,5H2,1-4H3,(H2,14,15). The van der Waals surface area contributed by atoms with Gasteiger partial charge >= 0.3 is 0 Å². The first-order chi connectivity index (χ1) is 8.45. The third kappa shape index (κ3) is 3.32. The first-order valence-electron chi connectivity index (χ1n) is 5.79. The van der Waals surface area contributed by atoms with Gasteiger partial charge in [-0.05, 0) is 38.7 Å². The molecule has 0 bridgehead atoms. The smallest absolute Gasteiger partial charge is 0.174 e. The van der Waals surface area contributed by atoms with Crippen molar-refractivity contribution in [1.82, 2.24) is 0 Å². The molecule has 0 saturated carbocycles. The summed E-state index contributed by atoms with van der Waals surface area (Å²) < 4.78 is 5.96. The Morgan fingerprint density at radius 1 is 1.50 bits per heavy atom. The van der Waals surface area contributed by atoms with Crippen LogP contribution in [-0.2, 0) is 0 Å². The molecule has 4 nitrogen and oxygen atoms in total. The summed E-state index contributed by atoms with van der Waals surface area (Å²) in [5, 5.41) is 12.0. The molecule has 0 aliphatic carbocycles. The number of hydrogen-bond acceptors (Lipinski definition) is 4. The maximum absolute atomic E-state index is 8.89. The second-order valence-electron chi connectivity index (χ2n) is 4.53. The Bertz CT molecular complexity index is 445. The van der Waals surface area contributed by atoms with E-state index in [4.69, 9.17) is 15.7 Å². The molecule has 0 aliphatic heterocycles. The lowest BCUT2D eigenvalue weighted by atomic mass is 10.1. The quantitative estimate of drug-likeness (QED) is 0.283. The predicted octanol–water partition coefficient (Wildman–Crippen LogP) is 3.07. The monoisotopic (exact) mass is 268 g/mol. The summed E-state index contributed by atoms with van der Waals surface area (Å²) in [7, 11) is 0. The minimum absolute atomic E-state index is 0.0712. The number of nitrogens with two attached hydrogens (primary N) is 1. The van der Waals surface area contributed by atoms with Crippen LogP contribution < -0.4 is 10.5 Å². The van der Waals surface area contributed by atoms with Gasteiger partial charge in [0, 0.05) is 4.90 Å². The van der Waals surface area contributed by atoms with Crippen molar-refractivity contribution in [2.75, 3.05) is 6.26 Å². The largest absolute Gasteiger partial charge is 0.487 e. The molecule has 0 aromatic heterocycles. The summed E-state index contributed by atoms with van der Waals surface area (Å²) in [6.07, 6.45) is 2.81. The first-order valence-corrected chi connectivity index (χ1v) is 7.01. The Hall–Kier alpha value is -1.36. The van der Waals surface area contributed by atoms with Crippen LogP contribution >= 0.6 is 11.8 Å². The van der Waals surface area contributed by atoms with Gasteiger partial charge in [-0.15, -0.1) is 11.8 Å². The minimum Gasteiger partial charge on any atom is -0.487 e. The summed E-state index contributed by atoms with van der Waals surface area (Å²) in [6.45, 7) is 6.07. The zero-order valence-electron chi connectivity index (χ0n) is 11.2. The van der Waals surface area contributed by atoms with Gasteiger partial charge in [0.2, 0.25) is 0 Å². The molecule has 1 aromatic carbocycles. The molecule has 0 saturated heterocycles. The lowest BCUT2D eigenvalue weighted by Gasteiger charge is -2.26. The van der Waals surface area contributed by atoms with Gasteiger partial charge in [-0.1, -0.05) is 18.1 Å². The Morgan fingerprint density at radius 2 is 2.17 bits per heavy atom. The number of ether oxygens (including phenoxy) is 1. The van der Waals surface area contributed by atoms with Crippen LogP contribution in [0.15, 0.2) is 28.3 Å². The van der Waals surface area contributed by atoms with E-state index >= 15 is 0 Å². The van der Waals surface area contributed by atoms with E-state index < -0.39 is 0 Å². The number of nitrogens with zero attached hydrogens (tertiary/aromatic N) is 1. The van der Waals surface area contributed by atoms with Crippen LogP contribution in [0.4, 0.5) is 0 Å². The van der Waals surface area contributed by atoms with E-state index in [-0.39, 0.29) is 11.4 Å². The van der Waals surface area contributed by atoms with E-state index in [0.29, 0.717) is 11.3 Å². The number of benzene rings is 1. The second kappa shape index (κ2) is 6.00. The van der Waals surface area contributed by atoms with Crippen LogP contribution in [0.2, 0.25) is 0 Å². The summed E-state index contributed by atoms with van der Waals surface area (Å²) >= 11 is 1.53. The average molecular weight is 268 g/mol. The molecule has 0 heterocycles. The molecule has 18 heavy (non-hydrogen) atoms. The third-order valence-corrected chi connectivity index (χ3v) is 3.59. The van der Waals surface area contributed by atoms with Crippen molar-refractivity contribution >= 4 is 17.6 Å². The number of thioether (sulfide) groups is 1.